The molecule has 0 spiro atoms. The number of hydrogen-bond donors (Lipinski definition) is 0. The molecule has 2 heterocycles. The fraction of sp³-hybridized carbons (Fsp3) is 0.821. The smallest absolute Gasteiger partial charge is 0.339 e. The maximum Gasteiger partial charge on any atom is 0.339 e. The Morgan fingerprint density at radius 2 is 1.03 bits per heavy atom. The molecule has 19 atom stereocenters. The van der Waals surface area contributed by atoms with Gasteiger partial charge in [-0.2, -0.15) is 0 Å². The van der Waals surface area contributed by atoms with Crippen LogP contribution in [0.2, 0.25) is 0 Å². The zero-order valence-electron chi connectivity index (χ0n) is 47.1. The summed E-state index contributed by atoms with van der Waals surface area (Å²) in [6.07, 6.45) is -6.49. The number of rotatable bonds is 13. The third kappa shape index (κ3) is 10.9. The summed E-state index contributed by atoms with van der Waals surface area (Å²) >= 11 is 0. The lowest BCUT2D eigenvalue weighted by atomic mass is 9.33. The van der Waals surface area contributed by atoms with Gasteiger partial charge in [0.15, 0.2) is 55.1 Å². The summed E-state index contributed by atoms with van der Waals surface area (Å²) in [7, 11) is 2.14. The van der Waals surface area contributed by atoms with Crippen LogP contribution in [-0.4, -0.2) is 136 Å². The lowest BCUT2D eigenvalue weighted by Crippen LogP contribution is -2.69. The van der Waals surface area contributed by atoms with Crippen LogP contribution in [0.15, 0.2) is 11.6 Å². The van der Waals surface area contributed by atoms with E-state index in [1.807, 2.05) is 0 Å². The third-order valence-electron chi connectivity index (χ3n) is 19.4. The van der Waals surface area contributed by atoms with Gasteiger partial charge in [-0.15, -0.1) is 0 Å². The Bertz CT molecular complexity index is 2310. The molecule has 20 heteroatoms. The first-order valence-corrected chi connectivity index (χ1v) is 26.9. The predicted octanol–water partition coefficient (Wildman–Crippen LogP) is 6.58. The zero-order valence-corrected chi connectivity index (χ0v) is 47.1. The SMILES string of the molecule is COC(=O)[C@H]1O[C@@H](O[C@H]2[C@H](O[C@H]3CC[C@]4(C)[C@H]5CC=C6[C@@H]7C[C@@](C)(COC(C)=O)CC[C@]7(C)CC[C@@]6(C)[C@]5(C)CC[C@H]4C3(C)C)O[C@H](C(=O)OC)[C@@H](OC(C)=O)[C@@H]2OC(C)=O)[C@H](OC(C)=O)[C@@H](OC(C)=O)[C@@H]1OC(C)=O. The second kappa shape index (κ2) is 21.9. The molecule has 0 bridgehead atoms. The molecule has 7 rings (SSSR count). The first-order valence-electron chi connectivity index (χ1n) is 26.9. The van der Waals surface area contributed by atoms with E-state index in [0.29, 0.717) is 24.9 Å². The molecule has 5 aliphatic carbocycles. The summed E-state index contributed by atoms with van der Waals surface area (Å²) < 4.78 is 70.5. The number of fused-ring (bicyclic) bond motifs is 7. The zero-order chi connectivity index (χ0) is 56.2. The van der Waals surface area contributed by atoms with Gasteiger partial charge >= 0.3 is 47.8 Å². The third-order valence-corrected chi connectivity index (χ3v) is 19.4. The minimum Gasteiger partial charge on any atom is -0.467 e. The monoisotopic (exact) mass is 1070 g/mol. The number of carbonyl (C=O) groups is 8. The van der Waals surface area contributed by atoms with E-state index in [4.69, 9.17) is 56.8 Å². The van der Waals surface area contributed by atoms with Crippen molar-refractivity contribution in [2.45, 2.75) is 222 Å². The van der Waals surface area contributed by atoms with E-state index in [9.17, 15) is 38.4 Å². The van der Waals surface area contributed by atoms with E-state index in [2.05, 4.69) is 54.5 Å². The summed E-state index contributed by atoms with van der Waals surface area (Å²) in [6, 6.07) is 0. The van der Waals surface area contributed by atoms with Crippen molar-refractivity contribution in [2.75, 3.05) is 20.8 Å². The molecule has 0 aromatic rings. The Balaban J connectivity index is 1.26. The van der Waals surface area contributed by atoms with Crippen LogP contribution in [0.4, 0.5) is 0 Å². The van der Waals surface area contributed by atoms with Crippen molar-refractivity contribution in [2.24, 2.45) is 50.2 Å². The molecule has 4 saturated carbocycles. The van der Waals surface area contributed by atoms with E-state index in [-0.39, 0.29) is 39.0 Å². The molecule has 6 fully saturated rings. The highest BCUT2D eigenvalue weighted by Crippen LogP contribution is 2.76. The van der Waals surface area contributed by atoms with Gasteiger partial charge in [0.05, 0.1) is 26.9 Å². The standard InChI is InChI=1S/C56H82O20/c1-28(57)67-27-52(9)22-23-53(10)24-25-55(12)34(35(53)26-52)16-17-37-54(11)20-19-38(51(7,8)36(54)18-21-56(37,55)13)73-49-46(42(71-32(5)61)40(69-30(3)59)43(74-49)47(63)65-14)76-50-45(72-33(6)62)41(70-31(4)60)39(68-29(2)58)44(75-50)48(64)66-15/h16,35-46,49-50H,17-27H2,1-15H3/t35-,36-,37+,38-,39-,40-,41-,42-,43-,44-,45+,46+,49+,50-,52-,53+,54-,55+,56+/m0/s1. The van der Waals surface area contributed by atoms with Gasteiger partial charge in [0.1, 0.15) is 0 Å². The topological polar surface area (TPSA) is 247 Å². The highest BCUT2D eigenvalue weighted by atomic mass is 16.8. The molecule has 0 unspecified atom stereocenters. The normalized spacial score (nSPS) is 42.3. The van der Waals surface area contributed by atoms with Gasteiger partial charge in [-0.25, -0.2) is 9.59 Å². The molecule has 0 aromatic heterocycles. The Kier molecular flexibility index (Phi) is 17.0. The van der Waals surface area contributed by atoms with Crippen molar-refractivity contribution in [3.8, 4) is 0 Å². The minimum atomic E-state index is -1.95. The second-order valence-electron chi connectivity index (χ2n) is 24.6. The predicted molar refractivity (Wildman–Crippen MR) is 265 cm³/mol. The van der Waals surface area contributed by atoms with Crippen LogP contribution in [-0.2, 0) is 95.2 Å². The van der Waals surface area contributed by atoms with Crippen LogP contribution in [0.1, 0.15) is 154 Å². The van der Waals surface area contributed by atoms with E-state index >= 15 is 0 Å². The average molecular weight is 1080 g/mol. The molecule has 426 valence electrons. The average Bonchev–Trinajstić information content (AvgIpc) is 3.48. The number of carbonyl (C=O) groups excluding carboxylic acids is 8. The van der Waals surface area contributed by atoms with Crippen molar-refractivity contribution in [1.29, 1.82) is 0 Å². The van der Waals surface area contributed by atoms with Crippen molar-refractivity contribution < 1.29 is 95.2 Å². The quantitative estimate of drug-likeness (QED) is 0.0818. The molecule has 20 nitrogen and oxygen atoms in total. The molecule has 2 aliphatic heterocycles. The van der Waals surface area contributed by atoms with Crippen molar-refractivity contribution in [1.82, 2.24) is 0 Å². The van der Waals surface area contributed by atoms with Crippen LogP contribution in [0.5, 0.6) is 0 Å². The van der Waals surface area contributed by atoms with Gasteiger partial charge in [-0.3, -0.25) is 28.8 Å². The fourth-order valence-electron chi connectivity index (χ4n) is 15.6. The second-order valence-corrected chi connectivity index (χ2v) is 24.6. The van der Waals surface area contributed by atoms with Gasteiger partial charge in [-0.1, -0.05) is 60.1 Å². The highest BCUT2D eigenvalue weighted by molar-refractivity contribution is 5.78. The molecule has 0 radical (unpaired) electrons. The fourth-order valence-corrected chi connectivity index (χ4v) is 15.6. The van der Waals surface area contributed by atoms with Crippen LogP contribution < -0.4 is 0 Å². The van der Waals surface area contributed by atoms with E-state index in [0.717, 1.165) is 107 Å². The summed E-state index contributed by atoms with van der Waals surface area (Å²) in [6.45, 7) is 23.7. The molecule has 0 N–H and O–H groups in total. The van der Waals surface area contributed by atoms with Crippen molar-refractivity contribution in [3.05, 3.63) is 11.6 Å². The molecule has 2 saturated heterocycles. The number of allylic oxidation sites excluding steroid dienone is 2. The maximum atomic E-state index is 13.7. The van der Waals surface area contributed by atoms with Crippen LogP contribution >= 0.6 is 0 Å². The molecule has 0 amide bonds. The maximum absolute atomic E-state index is 13.7. The molecule has 0 aromatic carbocycles. The Labute approximate surface area is 446 Å². The summed E-state index contributed by atoms with van der Waals surface area (Å²) in [4.78, 5) is 103. The Morgan fingerprint density at radius 3 is 1.54 bits per heavy atom. The van der Waals surface area contributed by atoms with E-state index in [1.165, 1.54) is 6.92 Å². The van der Waals surface area contributed by atoms with Crippen LogP contribution in [0.25, 0.3) is 0 Å². The summed E-state index contributed by atoms with van der Waals surface area (Å²) in [5.74, 6) is -6.16. The number of hydrogen-bond acceptors (Lipinski definition) is 20. The largest absolute Gasteiger partial charge is 0.467 e. The molecule has 7 aliphatic rings. The first kappa shape index (κ1) is 59.0. The lowest BCUT2D eigenvalue weighted by Gasteiger charge is -2.71. The molecular formula is C56H82O20. The van der Waals surface area contributed by atoms with Gasteiger partial charge in [0, 0.05) is 47.0 Å². The van der Waals surface area contributed by atoms with Gasteiger partial charge in [-0.05, 0) is 109 Å². The van der Waals surface area contributed by atoms with E-state index in [1.54, 1.807) is 5.57 Å². The van der Waals surface area contributed by atoms with Crippen LogP contribution in [0.3, 0.4) is 0 Å². The van der Waals surface area contributed by atoms with Crippen molar-refractivity contribution >= 4 is 47.8 Å². The van der Waals surface area contributed by atoms with Gasteiger partial charge in [0.25, 0.3) is 0 Å². The Hall–Kier alpha value is -4.66. The number of esters is 8. The molecule has 76 heavy (non-hydrogen) atoms. The van der Waals surface area contributed by atoms with Gasteiger partial charge < -0.3 is 56.8 Å². The summed E-state index contributed by atoms with van der Waals surface area (Å²) in [5, 5.41) is 0. The van der Waals surface area contributed by atoms with Crippen LogP contribution in [0, 0.1) is 50.2 Å². The van der Waals surface area contributed by atoms with E-state index < -0.39 is 115 Å². The first-order chi connectivity index (χ1) is 35.4. The number of methoxy groups -OCH3 is 2. The minimum absolute atomic E-state index is 0.0434. The molecular weight excluding hydrogens is 993 g/mol. The summed E-state index contributed by atoms with van der Waals surface area (Å²) in [5.41, 5.74) is 0.744. The van der Waals surface area contributed by atoms with Gasteiger partial charge in [0.2, 0.25) is 6.29 Å². The van der Waals surface area contributed by atoms with Crippen molar-refractivity contribution in [3.63, 3.8) is 0 Å². The highest BCUT2D eigenvalue weighted by Gasteiger charge is 2.69. The lowest BCUT2D eigenvalue weighted by molar-refractivity contribution is -0.372. The number of ether oxygens (including phenoxy) is 12. The Morgan fingerprint density at radius 1 is 0.539 bits per heavy atom.